The van der Waals surface area contributed by atoms with Crippen molar-refractivity contribution < 1.29 is 28.7 Å². The Balaban J connectivity index is 1.41. The van der Waals surface area contributed by atoms with Crippen molar-refractivity contribution in [1.29, 1.82) is 0 Å². The van der Waals surface area contributed by atoms with Crippen LogP contribution < -0.4 is 14.7 Å². The van der Waals surface area contributed by atoms with Gasteiger partial charge in [0.1, 0.15) is 11.9 Å². The summed E-state index contributed by atoms with van der Waals surface area (Å²) in [7, 11) is 1.45. The second kappa shape index (κ2) is 10.6. The van der Waals surface area contributed by atoms with Crippen LogP contribution in [0.25, 0.3) is 0 Å². The van der Waals surface area contributed by atoms with Crippen LogP contribution in [0.3, 0.4) is 0 Å². The number of hydrogen-bond acceptors (Lipinski definition) is 8. The van der Waals surface area contributed by atoms with E-state index < -0.39 is 35.1 Å². The Bertz CT molecular complexity index is 1140. The Morgan fingerprint density at radius 3 is 2.56 bits per heavy atom. The normalized spacial score (nSPS) is 18.8. The fraction of sp³-hybridized carbons (Fsp3) is 0.478. The van der Waals surface area contributed by atoms with E-state index in [1.54, 1.807) is 18.2 Å². The SMILES string of the molecule is CCCC([C@H]1CN(c2ccc(N3CCN(c4ccc([N+](=O)[O-])s4)CC3)c(F)c2)C(=O)O1)N(C)C(=O)O. The van der Waals surface area contributed by atoms with Gasteiger partial charge in [-0.05, 0) is 42.0 Å². The molecule has 0 aliphatic carbocycles. The zero-order valence-corrected chi connectivity index (χ0v) is 20.8. The number of carboxylic acid groups (broad SMARTS) is 1. The number of halogens is 1. The molecule has 2 saturated heterocycles. The zero-order chi connectivity index (χ0) is 26.0. The molecule has 194 valence electrons. The van der Waals surface area contributed by atoms with Crippen molar-refractivity contribution >= 4 is 44.9 Å². The second-order valence-electron chi connectivity index (χ2n) is 8.76. The van der Waals surface area contributed by atoms with Crippen molar-refractivity contribution in [3.05, 3.63) is 46.3 Å². The summed E-state index contributed by atoms with van der Waals surface area (Å²) in [5.41, 5.74) is 0.760. The highest BCUT2D eigenvalue weighted by Gasteiger charge is 2.40. The van der Waals surface area contributed by atoms with Gasteiger partial charge in [0.2, 0.25) is 0 Å². The molecule has 1 aromatic carbocycles. The van der Waals surface area contributed by atoms with Crippen LogP contribution >= 0.6 is 11.3 Å². The second-order valence-corrected chi connectivity index (χ2v) is 9.80. The Kier molecular flexibility index (Phi) is 7.48. The maximum Gasteiger partial charge on any atom is 0.414 e. The van der Waals surface area contributed by atoms with Gasteiger partial charge in [-0.2, -0.15) is 0 Å². The zero-order valence-electron chi connectivity index (χ0n) is 20.0. The number of hydrogen-bond donors (Lipinski definition) is 1. The van der Waals surface area contributed by atoms with E-state index in [0.29, 0.717) is 44.0 Å². The topological polar surface area (TPSA) is 120 Å². The van der Waals surface area contributed by atoms with E-state index in [1.807, 2.05) is 16.7 Å². The van der Waals surface area contributed by atoms with Crippen molar-refractivity contribution in [2.75, 3.05) is 54.5 Å². The molecular formula is C23H28FN5O6S. The van der Waals surface area contributed by atoms with Crippen molar-refractivity contribution in [3.8, 4) is 0 Å². The molecule has 2 aliphatic heterocycles. The third kappa shape index (κ3) is 5.15. The smallest absolute Gasteiger partial charge is 0.414 e. The number of ether oxygens (including phenoxy) is 1. The number of benzene rings is 1. The van der Waals surface area contributed by atoms with Gasteiger partial charge in [-0.25, -0.2) is 14.0 Å². The van der Waals surface area contributed by atoms with Crippen molar-refractivity contribution in [2.24, 2.45) is 0 Å². The van der Waals surface area contributed by atoms with Crippen LogP contribution in [0.15, 0.2) is 30.3 Å². The van der Waals surface area contributed by atoms with Crippen LogP contribution in [0.5, 0.6) is 0 Å². The minimum atomic E-state index is -1.10. The van der Waals surface area contributed by atoms with Gasteiger partial charge in [0.05, 0.1) is 33.9 Å². The molecule has 1 unspecified atom stereocenters. The number of nitro groups is 1. The molecule has 2 amide bonds. The van der Waals surface area contributed by atoms with E-state index in [1.165, 1.54) is 24.1 Å². The molecule has 1 N–H and O–H groups in total. The lowest BCUT2D eigenvalue weighted by Crippen LogP contribution is -2.46. The molecule has 2 aliphatic rings. The van der Waals surface area contributed by atoms with Crippen LogP contribution in [0.4, 0.5) is 35.4 Å². The van der Waals surface area contributed by atoms with Crippen LogP contribution in [-0.4, -0.2) is 79.0 Å². The summed E-state index contributed by atoms with van der Waals surface area (Å²) in [6.07, 6.45) is -1.13. The fourth-order valence-electron chi connectivity index (χ4n) is 4.64. The molecule has 0 bridgehead atoms. The number of piperazine rings is 1. The van der Waals surface area contributed by atoms with Gasteiger partial charge in [-0.3, -0.25) is 15.0 Å². The summed E-state index contributed by atoms with van der Waals surface area (Å²) in [5, 5.41) is 21.2. The lowest BCUT2D eigenvalue weighted by molar-refractivity contribution is -0.380. The van der Waals surface area contributed by atoms with Gasteiger partial charge in [0, 0.05) is 39.3 Å². The monoisotopic (exact) mass is 521 g/mol. The van der Waals surface area contributed by atoms with Gasteiger partial charge < -0.3 is 24.5 Å². The molecule has 0 radical (unpaired) electrons. The molecule has 36 heavy (non-hydrogen) atoms. The number of amides is 2. The standard InChI is InChI=1S/C23H28FN5O6S/c1-3-4-18(25(2)22(30)31)19-14-28(23(32)35-19)15-5-6-17(16(24)13-15)26-9-11-27(12-10-26)20-7-8-21(36-20)29(33)34/h5-8,13,18-19H,3-4,9-12,14H2,1-2H3,(H,30,31)/t18?,19-/m1/s1. The summed E-state index contributed by atoms with van der Waals surface area (Å²) in [6.45, 7) is 4.32. The van der Waals surface area contributed by atoms with E-state index in [2.05, 4.69) is 0 Å². The molecule has 11 nitrogen and oxygen atoms in total. The van der Waals surface area contributed by atoms with E-state index >= 15 is 4.39 Å². The van der Waals surface area contributed by atoms with E-state index in [4.69, 9.17) is 4.74 Å². The minimum absolute atomic E-state index is 0.0901. The summed E-state index contributed by atoms with van der Waals surface area (Å²) in [4.78, 5) is 41.0. The average molecular weight is 522 g/mol. The number of thiophene rings is 1. The number of rotatable bonds is 8. The van der Waals surface area contributed by atoms with Crippen molar-refractivity contribution in [1.82, 2.24) is 4.90 Å². The fourth-order valence-corrected chi connectivity index (χ4v) is 5.51. The summed E-state index contributed by atoms with van der Waals surface area (Å²) >= 11 is 1.12. The predicted molar refractivity (Wildman–Crippen MR) is 134 cm³/mol. The van der Waals surface area contributed by atoms with Gasteiger partial charge in [0.15, 0.2) is 0 Å². The Morgan fingerprint density at radius 1 is 1.28 bits per heavy atom. The Hall–Kier alpha value is -3.61. The quantitative estimate of drug-likeness (QED) is 0.405. The van der Waals surface area contributed by atoms with E-state index in [9.17, 15) is 24.8 Å². The number of carbonyl (C=O) groups excluding carboxylic acids is 1. The summed E-state index contributed by atoms with van der Waals surface area (Å²) in [6, 6.07) is 7.31. The lowest BCUT2D eigenvalue weighted by Gasteiger charge is -2.36. The number of cyclic esters (lactones) is 1. The average Bonchev–Trinajstić information content (AvgIpc) is 3.49. The van der Waals surface area contributed by atoms with Gasteiger partial charge >= 0.3 is 17.2 Å². The molecule has 0 saturated carbocycles. The third-order valence-electron chi connectivity index (χ3n) is 6.58. The molecule has 4 rings (SSSR count). The first-order valence-corrected chi connectivity index (χ1v) is 12.5. The summed E-state index contributed by atoms with van der Waals surface area (Å²) in [5.74, 6) is -0.475. The molecule has 0 spiro atoms. The number of likely N-dealkylation sites (N-methyl/N-ethyl adjacent to an activating group) is 1. The minimum Gasteiger partial charge on any atom is -0.465 e. The van der Waals surface area contributed by atoms with Gasteiger partial charge in [0.25, 0.3) is 0 Å². The Morgan fingerprint density at radius 2 is 1.97 bits per heavy atom. The van der Waals surface area contributed by atoms with Crippen LogP contribution in [0, 0.1) is 15.9 Å². The number of anilines is 3. The molecule has 2 fully saturated rings. The highest BCUT2D eigenvalue weighted by molar-refractivity contribution is 7.19. The van der Waals surface area contributed by atoms with Crippen LogP contribution in [0.1, 0.15) is 19.8 Å². The molecule has 13 heteroatoms. The molecule has 2 aromatic rings. The van der Waals surface area contributed by atoms with E-state index in [0.717, 1.165) is 27.7 Å². The largest absolute Gasteiger partial charge is 0.465 e. The predicted octanol–water partition coefficient (Wildman–Crippen LogP) is 4.23. The number of carbonyl (C=O) groups is 2. The molecule has 1 aromatic heterocycles. The number of nitrogens with zero attached hydrogens (tertiary/aromatic N) is 5. The lowest BCUT2D eigenvalue weighted by atomic mass is 10.0. The maximum atomic E-state index is 15.1. The molecule has 3 heterocycles. The van der Waals surface area contributed by atoms with Crippen LogP contribution in [-0.2, 0) is 4.74 Å². The van der Waals surface area contributed by atoms with Gasteiger partial charge in [-0.1, -0.05) is 13.3 Å². The van der Waals surface area contributed by atoms with Crippen molar-refractivity contribution in [3.63, 3.8) is 0 Å². The highest BCUT2D eigenvalue weighted by atomic mass is 32.1. The van der Waals surface area contributed by atoms with Gasteiger partial charge in [-0.15, -0.1) is 0 Å². The maximum absolute atomic E-state index is 15.1. The summed E-state index contributed by atoms with van der Waals surface area (Å²) < 4.78 is 20.6. The first-order chi connectivity index (χ1) is 17.2. The third-order valence-corrected chi connectivity index (χ3v) is 7.68. The Labute approximate surface area is 211 Å². The van der Waals surface area contributed by atoms with E-state index in [-0.39, 0.29) is 11.5 Å². The van der Waals surface area contributed by atoms with Crippen molar-refractivity contribution in [2.45, 2.75) is 31.9 Å². The van der Waals surface area contributed by atoms with Crippen LogP contribution in [0.2, 0.25) is 0 Å². The molecule has 2 atom stereocenters. The molecular weight excluding hydrogens is 493 g/mol. The first kappa shape index (κ1) is 25.5. The highest BCUT2D eigenvalue weighted by Crippen LogP contribution is 2.34. The first-order valence-electron chi connectivity index (χ1n) is 11.7.